The average Bonchev–Trinajstić information content (AvgIpc) is 3.37. The smallest absolute Gasteiger partial charge is 0.231 e. The summed E-state index contributed by atoms with van der Waals surface area (Å²) in [6.45, 7) is 6.38. The van der Waals surface area contributed by atoms with E-state index in [0.29, 0.717) is 5.75 Å². The Morgan fingerprint density at radius 1 is 1.17 bits per heavy atom. The summed E-state index contributed by atoms with van der Waals surface area (Å²) < 4.78 is 12.8. The molecular weight excluding hydrogens is 386 g/mol. The molecule has 1 unspecified atom stereocenters. The standard InChI is InChI=1S/C22H23N3O3S/c1-14-4-6-18(10-15(14)2)25-9-8-23-22(25)29-12-21(26)24-16(3)17-5-7-19-20(11-17)28-13-27-19/h4-11,16H,12-13H2,1-3H3,(H,24,26). The zero-order valence-electron chi connectivity index (χ0n) is 16.6. The zero-order chi connectivity index (χ0) is 20.4. The van der Waals surface area contributed by atoms with Crippen LogP contribution in [0.1, 0.15) is 29.7 Å². The Morgan fingerprint density at radius 3 is 2.83 bits per heavy atom. The quantitative estimate of drug-likeness (QED) is 0.619. The van der Waals surface area contributed by atoms with Crippen LogP contribution in [0.2, 0.25) is 0 Å². The summed E-state index contributed by atoms with van der Waals surface area (Å²) in [5.41, 5.74) is 4.49. The van der Waals surface area contributed by atoms with Crippen molar-refractivity contribution < 1.29 is 14.3 Å². The molecule has 0 fully saturated rings. The number of fused-ring (bicyclic) bond motifs is 1. The summed E-state index contributed by atoms with van der Waals surface area (Å²) in [5, 5.41) is 3.82. The van der Waals surface area contributed by atoms with Crippen LogP contribution in [0.4, 0.5) is 0 Å². The van der Waals surface area contributed by atoms with Crippen LogP contribution in [0, 0.1) is 13.8 Å². The largest absolute Gasteiger partial charge is 0.454 e. The van der Waals surface area contributed by atoms with Crippen molar-refractivity contribution in [2.75, 3.05) is 12.5 Å². The van der Waals surface area contributed by atoms with Gasteiger partial charge in [-0.2, -0.15) is 0 Å². The molecule has 1 amide bonds. The molecule has 3 aromatic rings. The minimum absolute atomic E-state index is 0.0465. The highest BCUT2D eigenvalue weighted by Crippen LogP contribution is 2.34. The average molecular weight is 410 g/mol. The van der Waals surface area contributed by atoms with Gasteiger partial charge >= 0.3 is 0 Å². The lowest BCUT2D eigenvalue weighted by atomic mass is 10.1. The predicted molar refractivity (Wildman–Crippen MR) is 113 cm³/mol. The Labute approximate surface area is 174 Å². The third kappa shape index (κ3) is 4.24. The van der Waals surface area contributed by atoms with Gasteiger partial charge in [-0.1, -0.05) is 23.9 Å². The van der Waals surface area contributed by atoms with Gasteiger partial charge in [0.05, 0.1) is 11.8 Å². The predicted octanol–water partition coefficient (Wildman–Crippen LogP) is 4.19. The fraction of sp³-hybridized carbons (Fsp3) is 0.273. The van der Waals surface area contributed by atoms with E-state index in [9.17, 15) is 4.79 Å². The fourth-order valence-corrected chi connectivity index (χ4v) is 3.93. The summed E-state index contributed by atoms with van der Waals surface area (Å²) in [4.78, 5) is 16.9. The first-order valence-corrected chi connectivity index (χ1v) is 10.4. The Morgan fingerprint density at radius 2 is 2.00 bits per heavy atom. The van der Waals surface area contributed by atoms with Crippen LogP contribution in [-0.2, 0) is 4.79 Å². The van der Waals surface area contributed by atoms with Crippen molar-refractivity contribution in [1.29, 1.82) is 0 Å². The number of thioether (sulfide) groups is 1. The third-order valence-corrected chi connectivity index (χ3v) is 5.95. The highest BCUT2D eigenvalue weighted by Gasteiger charge is 2.17. The van der Waals surface area contributed by atoms with E-state index in [1.165, 1.54) is 22.9 Å². The first-order valence-electron chi connectivity index (χ1n) is 9.44. The normalized spacial score (nSPS) is 13.3. The van der Waals surface area contributed by atoms with Crippen molar-refractivity contribution in [3.8, 4) is 17.2 Å². The van der Waals surface area contributed by atoms with Crippen LogP contribution in [0.25, 0.3) is 5.69 Å². The Hall–Kier alpha value is -2.93. The van der Waals surface area contributed by atoms with Gasteiger partial charge in [-0.15, -0.1) is 0 Å². The number of nitrogens with zero attached hydrogens (tertiary/aromatic N) is 2. The number of rotatable bonds is 6. The molecule has 29 heavy (non-hydrogen) atoms. The van der Waals surface area contributed by atoms with Crippen molar-refractivity contribution in [2.24, 2.45) is 0 Å². The molecule has 0 radical (unpaired) electrons. The van der Waals surface area contributed by atoms with Crippen LogP contribution in [0.5, 0.6) is 11.5 Å². The SMILES string of the molecule is Cc1ccc(-n2ccnc2SCC(=O)NC(C)c2ccc3c(c2)OCO3)cc1C. The van der Waals surface area contributed by atoms with E-state index in [0.717, 1.165) is 22.2 Å². The van der Waals surface area contributed by atoms with Crippen molar-refractivity contribution in [3.05, 3.63) is 65.5 Å². The van der Waals surface area contributed by atoms with Crippen LogP contribution in [0.3, 0.4) is 0 Å². The van der Waals surface area contributed by atoms with Gasteiger partial charge in [-0.3, -0.25) is 9.36 Å². The number of aromatic nitrogens is 2. The van der Waals surface area contributed by atoms with Crippen molar-refractivity contribution in [1.82, 2.24) is 14.9 Å². The molecular formula is C22H23N3O3S. The van der Waals surface area contributed by atoms with Gasteiger partial charge in [0, 0.05) is 18.1 Å². The first kappa shape index (κ1) is 19.4. The number of nitrogens with one attached hydrogen (secondary N) is 1. The number of ether oxygens (including phenoxy) is 2. The van der Waals surface area contributed by atoms with Crippen molar-refractivity contribution >= 4 is 17.7 Å². The summed E-state index contributed by atoms with van der Waals surface area (Å²) in [7, 11) is 0. The number of hydrogen-bond donors (Lipinski definition) is 1. The maximum absolute atomic E-state index is 12.5. The minimum Gasteiger partial charge on any atom is -0.454 e. The molecule has 150 valence electrons. The maximum atomic E-state index is 12.5. The van der Waals surface area contributed by atoms with Gasteiger partial charge in [0.15, 0.2) is 16.7 Å². The number of hydrogen-bond acceptors (Lipinski definition) is 5. The Bertz CT molecular complexity index is 1050. The third-order valence-electron chi connectivity index (χ3n) is 4.98. The Kier molecular flexibility index (Phi) is 5.49. The van der Waals surface area contributed by atoms with E-state index in [2.05, 4.69) is 42.3 Å². The van der Waals surface area contributed by atoms with Gasteiger partial charge in [0.2, 0.25) is 12.7 Å². The molecule has 4 rings (SSSR count). The highest BCUT2D eigenvalue weighted by molar-refractivity contribution is 7.99. The Balaban J connectivity index is 1.38. The molecule has 0 bridgehead atoms. The van der Waals surface area contributed by atoms with E-state index in [4.69, 9.17) is 9.47 Å². The van der Waals surface area contributed by atoms with Crippen LogP contribution in [0.15, 0.2) is 53.9 Å². The summed E-state index contributed by atoms with van der Waals surface area (Å²) in [5.74, 6) is 1.70. The van der Waals surface area contributed by atoms with E-state index in [1.54, 1.807) is 6.20 Å². The molecule has 1 aromatic heterocycles. The highest BCUT2D eigenvalue weighted by atomic mass is 32.2. The van der Waals surface area contributed by atoms with E-state index in [1.807, 2.05) is 35.9 Å². The van der Waals surface area contributed by atoms with Crippen molar-refractivity contribution in [3.63, 3.8) is 0 Å². The molecule has 2 heterocycles. The van der Waals surface area contributed by atoms with E-state index in [-0.39, 0.29) is 24.5 Å². The molecule has 0 aliphatic carbocycles. The lowest BCUT2D eigenvalue weighted by molar-refractivity contribution is -0.119. The zero-order valence-corrected chi connectivity index (χ0v) is 17.5. The molecule has 1 aliphatic rings. The van der Waals surface area contributed by atoms with Gasteiger partial charge in [-0.05, 0) is 61.7 Å². The number of amides is 1. The van der Waals surface area contributed by atoms with Gasteiger partial charge < -0.3 is 14.8 Å². The number of carbonyl (C=O) groups excluding carboxylic acids is 1. The van der Waals surface area contributed by atoms with E-state index < -0.39 is 0 Å². The van der Waals surface area contributed by atoms with Crippen LogP contribution in [-0.4, -0.2) is 28.0 Å². The topological polar surface area (TPSA) is 65.4 Å². The molecule has 0 saturated carbocycles. The van der Waals surface area contributed by atoms with Gasteiger partial charge in [-0.25, -0.2) is 4.98 Å². The second-order valence-electron chi connectivity index (χ2n) is 7.04. The maximum Gasteiger partial charge on any atom is 0.231 e. The molecule has 2 aromatic carbocycles. The molecule has 1 N–H and O–H groups in total. The fourth-order valence-electron chi connectivity index (χ4n) is 3.15. The van der Waals surface area contributed by atoms with Gasteiger partial charge in [0.1, 0.15) is 0 Å². The monoisotopic (exact) mass is 409 g/mol. The molecule has 0 saturated heterocycles. The molecule has 6 nitrogen and oxygen atoms in total. The molecule has 7 heteroatoms. The number of imidazole rings is 1. The lowest BCUT2D eigenvalue weighted by Gasteiger charge is -2.15. The number of benzene rings is 2. The van der Waals surface area contributed by atoms with Crippen molar-refractivity contribution in [2.45, 2.75) is 32.0 Å². The summed E-state index contributed by atoms with van der Waals surface area (Å²) in [6.07, 6.45) is 3.67. The van der Waals surface area contributed by atoms with Crippen LogP contribution >= 0.6 is 11.8 Å². The number of carbonyl (C=O) groups is 1. The summed E-state index contributed by atoms with van der Waals surface area (Å²) in [6, 6.07) is 11.9. The van der Waals surface area contributed by atoms with E-state index >= 15 is 0 Å². The second kappa shape index (κ2) is 8.21. The molecule has 1 atom stereocenters. The molecule has 0 spiro atoms. The summed E-state index contributed by atoms with van der Waals surface area (Å²) >= 11 is 1.42. The first-order chi connectivity index (χ1) is 14.0. The van der Waals surface area contributed by atoms with Gasteiger partial charge in [0.25, 0.3) is 0 Å². The molecule has 1 aliphatic heterocycles. The minimum atomic E-state index is -0.128. The second-order valence-corrected chi connectivity index (χ2v) is 7.98. The lowest BCUT2D eigenvalue weighted by Crippen LogP contribution is -2.28. The van der Waals surface area contributed by atoms with Crippen LogP contribution < -0.4 is 14.8 Å². The number of aryl methyl sites for hydroxylation is 2.